The summed E-state index contributed by atoms with van der Waals surface area (Å²) in [4.78, 5) is 27.7. The number of aryl methyl sites for hydroxylation is 1. The number of nitriles is 1. The number of halogens is 3. The number of amides is 1. The van der Waals surface area contributed by atoms with Crippen LogP contribution < -0.4 is 19.8 Å². The number of likely N-dealkylation sites (tertiary alicyclic amines) is 1. The number of aromatic nitrogens is 2. The number of hydrogen-bond acceptors (Lipinski definition) is 8. The van der Waals surface area contributed by atoms with Crippen molar-refractivity contribution in [3.63, 3.8) is 0 Å². The fourth-order valence-corrected chi connectivity index (χ4v) is 6.98. The molecule has 0 saturated carbocycles. The van der Waals surface area contributed by atoms with Gasteiger partial charge in [-0.15, -0.1) is 0 Å². The Labute approximate surface area is 279 Å². The molecule has 4 aromatic rings. The molecule has 1 amide bonds. The van der Waals surface area contributed by atoms with Crippen molar-refractivity contribution in [2.24, 2.45) is 7.05 Å². The number of benzene rings is 3. The second-order valence-corrected chi connectivity index (χ2v) is 13.3. The van der Waals surface area contributed by atoms with Crippen molar-refractivity contribution in [2.75, 3.05) is 6.54 Å². The summed E-state index contributed by atoms with van der Waals surface area (Å²) >= 11 is 6.65. The van der Waals surface area contributed by atoms with E-state index in [-0.39, 0.29) is 46.1 Å². The minimum Gasteiger partial charge on any atom is -0.480 e. The molecule has 10 nitrogen and oxygen atoms in total. The zero-order valence-corrected chi connectivity index (χ0v) is 27.2. The molecular formula is C35H29ClF2N4O6. The average molecular weight is 675 g/mol. The zero-order chi connectivity index (χ0) is 34.1. The molecule has 0 unspecified atom stereocenters. The van der Waals surface area contributed by atoms with Crippen molar-refractivity contribution in [3.8, 4) is 45.9 Å². The van der Waals surface area contributed by atoms with Crippen molar-refractivity contribution in [1.82, 2.24) is 14.7 Å². The second kappa shape index (κ2) is 11.2. The Kier molecular flexibility index (Phi) is 7.36. The van der Waals surface area contributed by atoms with Crippen LogP contribution in [0.2, 0.25) is 5.02 Å². The normalized spacial score (nSPS) is 19.3. The van der Waals surface area contributed by atoms with Crippen LogP contribution in [0.5, 0.6) is 28.7 Å². The highest BCUT2D eigenvalue weighted by molar-refractivity contribution is 6.34. The van der Waals surface area contributed by atoms with Gasteiger partial charge in [0.2, 0.25) is 11.5 Å². The highest BCUT2D eigenvalue weighted by atomic mass is 35.5. The first-order valence-corrected chi connectivity index (χ1v) is 15.6. The van der Waals surface area contributed by atoms with Gasteiger partial charge in [0.1, 0.15) is 23.2 Å². The van der Waals surface area contributed by atoms with Gasteiger partial charge in [0.05, 0.1) is 22.8 Å². The Balaban J connectivity index is 1.40. The third-order valence-electron chi connectivity index (χ3n) is 8.74. The number of carbonyl (C=O) groups is 1. The molecule has 3 aromatic carbocycles. The highest BCUT2D eigenvalue weighted by Gasteiger charge is 2.54. The standard InChI is InChI=1S/C35H29ClF2N4O6/c1-34(2,3)48-33(44)42-12-8-11-25(42)35(19-9-6-5-7-10-19)15-20-22(47-35)14-21(37)28(36)27(20)26-18(16-39)13-23-30(29(26)38)46-24-17-40-41(4)32(43)31(24)45-23/h5-7,9-10,13-14,17,25H,8,11-12,15H2,1-4H3/t25-,35-/m0/s1. The van der Waals surface area contributed by atoms with E-state index in [4.69, 9.17) is 30.5 Å². The lowest BCUT2D eigenvalue weighted by molar-refractivity contribution is -0.0216. The first-order valence-electron chi connectivity index (χ1n) is 15.3. The lowest BCUT2D eigenvalue weighted by Crippen LogP contribution is -2.53. The maximum atomic E-state index is 16.7. The van der Waals surface area contributed by atoms with Gasteiger partial charge in [-0.25, -0.2) is 18.3 Å². The van der Waals surface area contributed by atoms with E-state index in [1.807, 2.05) is 36.4 Å². The van der Waals surface area contributed by atoms with Crippen LogP contribution in [0.1, 0.15) is 50.3 Å². The number of carbonyl (C=O) groups excluding carboxylic acids is 1. The summed E-state index contributed by atoms with van der Waals surface area (Å²) in [7, 11) is 1.41. The average Bonchev–Trinajstić information content (AvgIpc) is 3.70. The van der Waals surface area contributed by atoms with Gasteiger partial charge in [-0.05, 0) is 39.2 Å². The molecule has 3 aliphatic rings. The van der Waals surface area contributed by atoms with Crippen LogP contribution >= 0.6 is 11.6 Å². The Bertz CT molecular complexity index is 2110. The second-order valence-electron chi connectivity index (χ2n) is 12.9. The van der Waals surface area contributed by atoms with E-state index in [9.17, 15) is 14.9 Å². The van der Waals surface area contributed by atoms with Gasteiger partial charge in [-0.2, -0.15) is 10.4 Å². The molecule has 13 heteroatoms. The fraction of sp³-hybridized carbons (Fsp3) is 0.314. The zero-order valence-electron chi connectivity index (χ0n) is 26.4. The quantitative estimate of drug-likeness (QED) is 0.195. The van der Waals surface area contributed by atoms with Gasteiger partial charge in [-0.3, -0.25) is 4.79 Å². The van der Waals surface area contributed by atoms with Crippen LogP contribution in [0.4, 0.5) is 13.6 Å². The van der Waals surface area contributed by atoms with Gasteiger partial charge in [0.25, 0.3) is 0 Å². The summed E-state index contributed by atoms with van der Waals surface area (Å²) in [6, 6.07) is 13.0. The third kappa shape index (κ3) is 4.92. The molecular weight excluding hydrogens is 646 g/mol. The summed E-state index contributed by atoms with van der Waals surface area (Å²) in [5, 5.41) is 13.7. The van der Waals surface area contributed by atoms with E-state index in [1.54, 1.807) is 25.7 Å². The van der Waals surface area contributed by atoms with Crippen LogP contribution in [0.3, 0.4) is 0 Å². The maximum absolute atomic E-state index is 16.7. The van der Waals surface area contributed by atoms with E-state index in [0.717, 1.165) is 10.7 Å². The monoisotopic (exact) mass is 674 g/mol. The third-order valence-corrected chi connectivity index (χ3v) is 9.11. The van der Waals surface area contributed by atoms with E-state index in [2.05, 4.69) is 5.10 Å². The first-order chi connectivity index (χ1) is 22.8. The van der Waals surface area contributed by atoms with Crippen LogP contribution in [0.15, 0.2) is 53.5 Å². The highest BCUT2D eigenvalue weighted by Crippen LogP contribution is 2.55. The molecule has 0 N–H and O–H groups in total. The molecule has 3 aliphatic heterocycles. The van der Waals surface area contributed by atoms with Crippen molar-refractivity contribution in [3.05, 3.63) is 92.4 Å². The maximum Gasteiger partial charge on any atom is 0.410 e. The molecule has 1 saturated heterocycles. The lowest BCUT2D eigenvalue weighted by atomic mass is 9.79. The van der Waals surface area contributed by atoms with E-state index >= 15 is 8.78 Å². The minimum absolute atomic E-state index is 0.0488. The molecule has 1 fully saturated rings. The largest absolute Gasteiger partial charge is 0.480 e. The fourth-order valence-electron chi connectivity index (χ4n) is 6.71. The van der Waals surface area contributed by atoms with E-state index < -0.39 is 51.3 Å². The van der Waals surface area contributed by atoms with Crippen molar-refractivity contribution < 1.29 is 32.5 Å². The Hall–Kier alpha value is -5.15. The predicted octanol–water partition coefficient (Wildman–Crippen LogP) is 7.38. The molecule has 0 aliphatic carbocycles. The summed E-state index contributed by atoms with van der Waals surface area (Å²) < 4.78 is 57.4. The predicted molar refractivity (Wildman–Crippen MR) is 170 cm³/mol. The Morgan fingerprint density at radius 3 is 2.54 bits per heavy atom. The molecule has 0 bridgehead atoms. The van der Waals surface area contributed by atoms with E-state index in [1.165, 1.54) is 19.3 Å². The summed E-state index contributed by atoms with van der Waals surface area (Å²) in [6.45, 7) is 5.76. The summed E-state index contributed by atoms with van der Waals surface area (Å²) in [6.07, 6.45) is 1.94. The van der Waals surface area contributed by atoms with Gasteiger partial charge in [0, 0.05) is 48.8 Å². The number of hydrogen-bond donors (Lipinski definition) is 0. The Morgan fingerprint density at radius 1 is 1.10 bits per heavy atom. The molecule has 0 radical (unpaired) electrons. The number of rotatable bonds is 3. The summed E-state index contributed by atoms with van der Waals surface area (Å²) in [5.41, 5.74) is -2.25. The van der Waals surface area contributed by atoms with Crippen LogP contribution in [0, 0.1) is 23.0 Å². The molecule has 0 spiro atoms. The van der Waals surface area contributed by atoms with Crippen LogP contribution in [-0.2, 0) is 23.8 Å². The molecule has 246 valence electrons. The van der Waals surface area contributed by atoms with E-state index in [0.29, 0.717) is 30.5 Å². The molecule has 7 rings (SSSR count). The summed E-state index contributed by atoms with van der Waals surface area (Å²) in [5.74, 6) is -2.89. The topological polar surface area (TPSA) is 116 Å². The van der Waals surface area contributed by atoms with Crippen molar-refractivity contribution >= 4 is 17.7 Å². The van der Waals surface area contributed by atoms with Gasteiger partial charge >= 0.3 is 11.7 Å². The molecule has 1 aromatic heterocycles. The van der Waals surface area contributed by atoms with Gasteiger partial charge in [0.15, 0.2) is 22.9 Å². The molecule has 48 heavy (non-hydrogen) atoms. The molecule has 2 atom stereocenters. The van der Waals surface area contributed by atoms with Crippen LogP contribution in [-0.4, -0.2) is 39.0 Å². The first kappa shape index (κ1) is 31.4. The van der Waals surface area contributed by atoms with Gasteiger partial charge in [-0.1, -0.05) is 41.9 Å². The molecule has 4 heterocycles. The number of ether oxygens (including phenoxy) is 4. The number of nitrogens with zero attached hydrogens (tertiary/aromatic N) is 4. The SMILES string of the molecule is Cn1ncc2c(c1=O)Oc1cc(C#N)c(-c3c(Cl)c(F)cc4c3C[C@](c3ccccc3)([C@@H]3CCCN3C(=O)OC(C)(C)C)O4)c(F)c1O2. The lowest BCUT2D eigenvalue weighted by Gasteiger charge is -2.40. The van der Waals surface area contributed by atoms with Gasteiger partial charge < -0.3 is 23.8 Å². The van der Waals surface area contributed by atoms with Crippen LogP contribution in [0.25, 0.3) is 11.1 Å². The van der Waals surface area contributed by atoms with Crippen molar-refractivity contribution in [2.45, 2.75) is 57.3 Å². The smallest absolute Gasteiger partial charge is 0.410 e. The Morgan fingerprint density at radius 2 is 1.83 bits per heavy atom. The van der Waals surface area contributed by atoms with Crippen molar-refractivity contribution in [1.29, 1.82) is 5.26 Å². The number of fused-ring (bicyclic) bond motifs is 3. The minimum atomic E-state index is -1.25.